The van der Waals surface area contributed by atoms with Gasteiger partial charge in [0.1, 0.15) is 22.8 Å². The highest BCUT2D eigenvalue weighted by Gasteiger charge is 2.16. The van der Waals surface area contributed by atoms with Gasteiger partial charge < -0.3 is 10.6 Å². The molecule has 0 atom stereocenters. The summed E-state index contributed by atoms with van der Waals surface area (Å²) in [6.45, 7) is 2.04. The van der Waals surface area contributed by atoms with E-state index in [4.69, 9.17) is 0 Å². The number of pyridine rings is 2. The average molecular weight is 350 g/mol. The predicted octanol–water partition coefficient (Wildman–Crippen LogP) is 3.49. The molecule has 6 heteroatoms. The SMILES string of the molecule is O=C(Nc1ccc(C2CCNCC2)cn1)c1ccc2cccc(F)c2n1. The van der Waals surface area contributed by atoms with Crippen LogP contribution in [0, 0.1) is 5.82 Å². The normalized spacial score (nSPS) is 15.1. The minimum absolute atomic E-state index is 0.159. The number of carbonyl (C=O) groups excluding carboxylic acids is 1. The topological polar surface area (TPSA) is 66.9 Å². The molecule has 4 rings (SSSR count). The minimum atomic E-state index is -0.443. The van der Waals surface area contributed by atoms with Crippen LogP contribution in [0.1, 0.15) is 34.8 Å². The molecule has 132 valence electrons. The van der Waals surface area contributed by atoms with E-state index in [1.54, 1.807) is 30.3 Å². The summed E-state index contributed by atoms with van der Waals surface area (Å²) < 4.78 is 13.9. The lowest BCUT2D eigenvalue weighted by atomic mass is 9.91. The van der Waals surface area contributed by atoms with E-state index in [-0.39, 0.29) is 11.2 Å². The van der Waals surface area contributed by atoms with Crippen LogP contribution in [0.5, 0.6) is 0 Å². The second kappa shape index (κ2) is 7.17. The minimum Gasteiger partial charge on any atom is -0.317 e. The third kappa shape index (κ3) is 3.41. The fourth-order valence-electron chi connectivity index (χ4n) is 3.29. The predicted molar refractivity (Wildman–Crippen MR) is 98.7 cm³/mol. The van der Waals surface area contributed by atoms with Gasteiger partial charge in [0.25, 0.3) is 5.91 Å². The molecule has 1 aromatic carbocycles. The number of nitrogens with one attached hydrogen (secondary N) is 2. The number of halogens is 1. The van der Waals surface area contributed by atoms with Crippen molar-refractivity contribution in [1.29, 1.82) is 0 Å². The van der Waals surface area contributed by atoms with E-state index >= 15 is 0 Å². The van der Waals surface area contributed by atoms with Crippen LogP contribution in [-0.4, -0.2) is 29.0 Å². The van der Waals surface area contributed by atoms with E-state index in [0.717, 1.165) is 25.9 Å². The monoisotopic (exact) mass is 350 g/mol. The number of hydrogen-bond donors (Lipinski definition) is 2. The molecule has 1 aliphatic rings. The molecule has 0 spiro atoms. The van der Waals surface area contributed by atoms with E-state index in [2.05, 4.69) is 20.6 Å². The Hall–Kier alpha value is -2.86. The first kappa shape index (κ1) is 16.6. The Bertz CT molecular complexity index is 936. The van der Waals surface area contributed by atoms with Gasteiger partial charge in [0, 0.05) is 11.6 Å². The molecule has 0 saturated carbocycles. The molecule has 1 saturated heterocycles. The number of hydrogen-bond acceptors (Lipinski definition) is 4. The van der Waals surface area contributed by atoms with E-state index in [1.807, 2.05) is 12.3 Å². The molecule has 2 aromatic heterocycles. The van der Waals surface area contributed by atoms with Crippen LogP contribution < -0.4 is 10.6 Å². The van der Waals surface area contributed by atoms with Crippen molar-refractivity contribution in [2.24, 2.45) is 0 Å². The molecular formula is C20H19FN4O. The number of aromatic nitrogens is 2. The summed E-state index contributed by atoms with van der Waals surface area (Å²) in [5.74, 6) is 0.126. The number of piperidine rings is 1. The maximum Gasteiger partial charge on any atom is 0.275 e. The summed E-state index contributed by atoms with van der Waals surface area (Å²) in [7, 11) is 0. The van der Waals surface area contributed by atoms with E-state index in [0.29, 0.717) is 17.1 Å². The van der Waals surface area contributed by atoms with Gasteiger partial charge in [-0.3, -0.25) is 4.79 Å². The smallest absolute Gasteiger partial charge is 0.275 e. The maximum absolute atomic E-state index is 13.9. The Morgan fingerprint density at radius 1 is 1.12 bits per heavy atom. The van der Waals surface area contributed by atoms with Crippen LogP contribution in [0.3, 0.4) is 0 Å². The molecule has 1 aliphatic heterocycles. The Morgan fingerprint density at radius 3 is 2.73 bits per heavy atom. The van der Waals surface area contributed by atoms with Crippen molar-refractivity contribution >= 4 is 22.6 Å². The first-order valence-corrected chi connectivity index (χ1v) is 8.74. The summed E-state index contributed by atoms with van der Waals surface area (Å²) in [5, 5.41) is 6.73. The van der Waals surface area contributed by atoms with Gasteiger partial charge in [-0.2, -0.15) is 0 Å². The van der Waals surface area contributed by atoms with Crippen LogP contribution >= 0.6 is 0 Å². The Balaban J connectivity index is 1.50. The third-order valence-electron chi connectivity index (χ3n) is 4.74. The summed E-state index contributed by atoms with van der Waals surface area (Å²) >= 11 is 0. The summed E-state index contributed by atoms with van der Waals surface area (Å²) in [6.07, 6.45) is 4.01. The molecule has 0 aliphatic carbocycles. The number of para-hydroxylation sites is 1. The number of fused-ring (bicyclic) bond motifs is 1. The van der Waals surface area contributed by atoms with Crippen LogP contribution in [0.15, 0.2) is 48.7 Å². The van der Waals surface area contributed by atoms with Crippen molar-refractivity contribution in [3.8, 4) is 0 Å². The lowest BCUT2D eigenvalue weighted by molar-refractivity contribution is 0.102. The van der Waals surface area contributed by atoms with Gasteiger partial charge in [0.15, 0.2) is 0 Å². The number of amides is 1. The maximum atomic E-state index is 13.9. The van der Waals surface area contributed by atoms with Crippen molar-refractivity contribution in [2.45, 2.75) is 18.8 Å². The van der Waals surface area contributed by atoms with Crippen molar-refractivity contribution in [3.63, 3.8) is 0 Å². The van der Waals surface area contributed by atoms with Crippen LogP contribution in [0.2, 0.25) is 0 Å². The average Bonchev–Trinajstić information content (AvgIpc) is 2.69. The summed E-state index contributed by atoms with van der Waals surface area (Å²) in [4.78, 5) is 20.9. The van der Waals surface area contributed by atoms with Gasteiger partial charge in [-0.1, -0.05) is 24.3 Å². The molecule has 0 unspecified atom stereocenters. The largest absolute Gasteiger partial charge is 0.317 e. The molecule has 3 aromatic rings. The molecular weight excluding hydrogens is 331 g/mol. The lowest BCUT2D eigenvalue weighted by Gasteiger charge is -2.22. The first-order chi connectivity index (χ1) is 12.7. The van der Waals surface area contributed by atoms with Gasteiger partial charge in [0.05, 0.1) is 0 Å². The zero-order valence-electron chi connectivity index (χ0n) is 14.2. The Kier molecular flexibility index (Phi) is 4.58. The zero-order chi connectivity index (χ0) is 17.9. The molecule has 0 bridgehead atoms. The molecule has 3 heterocycles. The molecule has 26 heavy (non-hydrogen) atoms. The van der Waals surface area contributed by atoms with Crippen LogP contribution in [0.25, 0.3) is 10.9 Å². The Morgan fingerprint density at radius 2 is 1.96 bits per heavy atom. The fourth-order valence-corrected chi connectivity index (χ4v) is 3.29. The van der Waals surface area contributed by atoms with Crippen LogP contribution in [-0.2, 0) is 0 Å². The molecule has 1 amide bonds. The summed E-state index contributed by atoms with van der Waals surface area (Å²) in [6, 6.07) is 11.8. The standard InChI is InChI=1S/C20H19FN4O/c21-16-3-1-2-14-4-6-17(24-19(14)16)20(26)25-18-7-5-15(12-23-18)13-8-10-22-11-9-13/h1-7,12-13,22H,8-11H2,(H,23,25,26). The third-order valence-corrected chi connectivity index (χ3v) is 4.74. The highest BCUT2D eigenvalue weighted by molar-refractivity contribution is 6.03. The second-order valence-electron chi connectivity index (χ2n) is 6.46. The van der Waals surface area contributed by atoms with Gasteiger partial charge in [-0.25, -0.2) is 14.4 Å². The van der Waals surface area contributed by atoms with Gasteiger partial charge in [0.2, 0.25) is 0 Å². The van der Waals surface area contributed by atoms with Gasteiger partial charge in [-0.05, 0) is 55.6 Å². The number of benzene rings is 1. The van der Waals surface area contributed by atoms with Crippen LogP contribution in [0.4, 0.5) is 10.2 Å². The second-order valence-corrected chi connectivity index (χ2v) is 6.46. The molecule has 5 nitrogen and oxygen atoms in total. The van der Waals surface area contributed by atoms with Crippen molar-refractivity contribution in [3.05, 3.63) is 65.7 Å². The van der Waals surface area contributed by atoms with Crippen molar-refractivity contribution < 1.29 is 9.18 Å². The summed E-state index contributed by atoms with van der Waals surface area (Å²) in [5.41, 5.74) is 1.54. The number of anilines is 1. The first-order valence-electron chi connectivity index (χ1n) is 8.74. The van der Waals surface area contributed by atoms with Crippen molar-refractivity contribution in [1.82, 2.24) is 15.3 Å². The fraction of sp³-hybridized carbons (Fsp3) is 0.250. The lowest BCUT2D eigenvalue weighted by Crippen LogP contribution is -2.26. The molecule has 2 N–H and O–H groups in total. The van der Waals surface area contributed by atoms with E-state index in [9.17, 15) is 9.18 Å². The molecule has 1 fully saturated rings. The van der Waals surface area contributed by atoms with Gasteiger partial charge in [-0.15, -0.1) is 0 Å². The number of nitrogens with zero attached hydrogens (tertiary/aromatic N) is 2. The quantitative estimate of drug-likeness (QED) is 0.759. The van der Waals surface area contributed by atoms with E-state index < -0.39 is 11.7 Å². The van der Waals surface area contributed by atoms with Crippen molar-refractivity contribution in [2.75, 3.05) is 18.4 Å². The van der Waals surface area contributed by atoms with Gasteiger partial charge >= 0.3 is 0 Å². The zero-order valence-corrected chi connectivity index (χ0v) is 14.2. The number of carbonyl (C=O) groups is 1. The highest BCUT2D eigenvalue weighted by Crippen LogP contribution is 2.25. The highest BCUT2D eigenvalue weighted by atomic mass is 19.1. The Labute approximate surface area is 150 Å². The molecule has 0 radical (unpaired) electrons. The number of rotatable bonds is 3. The van der Waals surface area contributed by atoms with E-state index in [1.165, 1.54) is 11.6 Å².